The number of rotatable bonds is 7. The summed E-state index contributed by atoms with van der Waals surface area (Å²) in [5.41, 5.74) is 12.4. The molecule has 0 unspecified atom stereocenters. The summed E-state index contributed by atoms with van der Waals surface area (Å²) >= 11 is 0. The molecule has 27 heavy (non-hydrogen) atoms. The van der Waals surface area contributed by atoms with Crippen LogP contribution >= 0.6 is 0 Å². The number of amides is 1. The average molecular weight is 366 g/mol. The Bertz CT molecular complexity index is 824. The molecule has 1 aliphatic carbocycles. The lowest BCUT2D eigenvalue weighted by molar-refractivity contribution is 0.1000. The van der Waals surface area contributed by atoms with E-state index < -0.39 is 0 Å². The first-order valence-corrected chi connectivity index (χ1v) is 10.5. The molecule has 2 aromatic rings. The fourth-order valence-corrected chi connectivity index (χ4v) is 4.61. The van der Waals surface area contributed by atoms with Crippen molar-refractivity contribution in [1.29, 1.82) is 0 Å². The van der Waals surface area contributed by atoms with Gasteiger partial charge in [-0.05, 0) is 63.1 Å². The number of carbonyl (C=O) groups excluding carboxylic acids is 1. The van der Waals surface area contributed by atoms with Gasteiger partial charge in [0.15, 0.2) is 0 Å². The van der Waals surface area contributed by atoms with Crippen LogP contribution in [0.15, 0.2) is 24.3 Å². The number of hydrogen-bond acceptors (Lipinski definition) is 2. The van der Waals surface area contributed by atoms with E-state index in [9.17, 15) is 4.79 Å². The standard InChI is InChI=1S/C23H31N3O/c1-3-4-7-20-22(21(23(24)27)16(2)26(20)19-12-13-19)17-8-10-18(11-9-17)25-14-5-6-15-25/h8-11,19H,3-7,12-15H2,1-2H3,(H2,24,27). The molecule has 0 bridgehead atoms. The van der Waals surface area contributed by atoms with Crippen LogP contribution < -0.4 is 10.6 Å². The maximum absolute atomic E-state index is 12.4. The number of nitrogens with zero attached hydrogens (tertiary/aromatic N) is 2. The van der Waals surface area contributed by atoms with Crippen LogP contribution in [0.4, 0.5) is 5.69 Å². The molecule has 2 aliphatic rings. The van der Waals surface area contributed by atoms with Crippen molar-refractivity contribution in [2.24, 2.45) is 5.73 Å². The van der Waals surface area contributed by atoms with E-state index in [4.69, 9.17) is 5.73 Å². The summed E-state index contributed by atoms with van der Waals surface area (Å²) in [6, 6.07) is 9.33. The molecule has 0 radical (unpaired) electrons. The van der Waals surface area contributed by atoms with Gasteiger partial charge in [0.05, 0.1) is 5.56 Å². The summed E-state index contributed by atoms with van der Waals surface area (Å²) in [6.07, 6.45) is 8.25. The molecule has 4 heteroatoms. The first-order valence-electron chi connectivity index (χ1n) is 10.5. The van der Waals surface area contributed by atoms with E-state index in [0.717, 1.165) is 54.7 Å². The molecule has 2 fully saturated rings. The van der Waals surface area contributed by atoms with Crippen LogP contribution in [0.25, 0.3) is 11.1 Å². The average Bonchev–Trinajstić information content (AvgIpc) is 3.25. The van der Waals surface area contributed by atoms with Gasteiger partial charge < -0.3 is 15.2 Å². The van der Waals surface area contributed by atoms with Gasteiger partial charge in [0.25, 0.3) is 5.91 Å². The molecule has 1 saturated heterocycles. The third kappa shape index (κ3) is 3.38. The molecule has 2 heterocycles. The fourth-order valence-electron chi connectivity index (χ4n) is 4.61. The Morgan fingerprint density at radius 2 is 1.81 bits per heavy atom. The molecule has 1 amide bonds. The molecule has 2 N–H and O–H groups in total. The van der Waals surface area contributed by atoms with E-state index in [1.807, 2.05) is 0 Å². The van der Waals surface area contributed by atoms with E-state index in [0.29, 0.717) is 6.04 Å². The smallest absolute Gasteiger partial charge is 0.251 e. The Morgan fingerprint density at radius 3 is 2.37 bits per heavy atom. The number of hydrogen-bond donors (Lipinski definition) is 1. The molecule has 1 aliphatic heterocycles. The SMILES string of the molecule is CCCCc1c(-c2ccc(N3CCCC3)cc2)c(C(N)=O)c(C)n1C1CC1. The Balaban J connectivity index is 1.80. The molecule has 4 rings (SSSR count). The monoisotopic (exact) mass is 365 g/mol. The Labute approximate surface area is 162 Å². The third-order valence-corrected chi connectivity index (χ3v) is 6.11. The topological polar surface area (TPSA) is 51.3 Å². The maximum atomic E-state index is 12.4. The van der Waals surface area contributed by atoms with Crippen LogP contribution in [0.2, 0.25) is 0 Å². The second-order valence-corrected chi connectivity index (χ2v) is 8.09. The molecule has 0 atom stereocenters. The number of primary amides is 1. The molecule has 4 nitrogen and oxygen atoms in total. The van der Waals surface area contributed by atoms with Gasteiger partial charge in [-0.15, -0.1) is 0 Å². The molecule has 1 aromatic heterocycles. The van der Waals surface area contributed by atoms with Crippen molar-refractivity contribution in [3.8, 4) is 11.1 Å². The summed E-state index contributed by atoms with van der Waals surface area (Å²) in [6.45, 7) is 6.57. The predicted octanol–water partition coefficient (Wildman–Crippen LogP) is 4.84. The van der Waals surface area contributed by atoms with Gasteiger partial charge in [-0.1, -0.05) is 25.5 Å². The van der Waals surface area contributed by atoms with E-state index in [-0.39, 0.29) is 5.91 Å². The van der Waals surface area contributed by atoms with Crippen molar-refractivity contribution in [3.05, 3.63) is 41.2 Å². The minimum Gasteiger partial charge on any atom is -0.372 e. The normalized spacial score (nSPS) is 16.9. The lowest BCUT2D eigenvalue weighted by Crippen LogP contribution is -2.17. The number of anilines is 1. The third-order valence-electron chi connectivity index (χ3n) is 6.11. The fraction of sp³-hybridized carbons (Fsp3) is 0.522. The van der Waals surface area contributed by atoms with Crippen molar-refractivity contribution >= 4 is 11.6 Å². The van der Waals surface area contributed by atoms with Crippen molar-refractivity contribution in [1.82, 2.24) is 4.57 Å². The quantitative estimate of drug-likeness (QED) is 0.763. The van der Waals surface area contributed by atoms with Gasteiger partial charge in [-0.2, -0.15) is 0 Å². The summed E-state index contributed by atoms with van der Waals surface area (Å²) in [7, 11) is 0. The van der Waals surface area contributed by atoms with Crippen molar-refractivity contribution in [2.75, 3.05) is 18.0 Å². The van der Waals surface area contributed by atoms with Crippen LogP contribution in [0, 0.1) is 6.92 Å². The summed E-state index contributed by atoms with van der Waals surface area (Å²) in [5, 5.41) is 0. The molecular weight excluding hydrogens is 334 g/mol. The van der Waals surface area contributed by atoms with Crippen molar-refractivity contribution in [2.45, 2.75) is 64.8 Å². The zero-order valence-corrected chi connectivity index (χ0v) is 16.6. The number of aromatic nitrogens is 1. The van der Waals surface area contributed by atoms with E-state index in [1.54, 1.807) is 0 Å². The van der Waals surface area contributed by atoms with Gasteiger partial charge in [0, 0.05) is 41.8 Å². The summed E-state index contributed by atoms with van der Waals surface area (Å²) in [5.74, 6) is -0.303. The lowest BCUT2D eigenvalue weighted by atomic mass is 9.97. The maximum Gasteiger partial charge on any atom is 0.251 e. The van der Waals surface area contributed by atoms with Crippen LogP contribution in [-0.2, 0) is 6.42 Å². The van der Waals surface area contributed by atoms with Gasteiger partial charge >= 0.3 is 0 Å². The minimum absolute atomic E-state index is 0.303. The number of carbonyl (C=O) groups is 1. The molecule has 144 valence electrons. The zero-order valence-electron chi connectivity index (χ0n) is 16.6. The Kier molecular flexibility index (Phi) is 4.98. The Hall–Kier alpha value is -2.23. The van der Waals surface area contributed by atoms with E-state index >= 15 is 0 Å². The van der Waals surface area contributed by atoms with Crippen LogP contribution in [0.5, 0.6) is 0 Å². The van der Waals surface area contributed by atoms with Crippen molar-refractivity contribution in [3.63, 3.8) is 0 Å². The number of nitrogens with two attached hydrogens (primary N) is 1. The second kappa shape index (κ2) is 7.41. The molecule has 0 spiro atoms. The van der Waals surface area contributed by atoms with Crippen LogP contribution in [-0.4, -0.2) is 23.6 Å². The second-order valence-electron chi connectivity index (χ2n) is 8.09. The number of unbranched alkanes of at least 4 members (excludes halogenated alkanes) is 1. The van der Waals surface area contributed by atoms with E-state index in [1.165, 1.54) is 37.1 Å². The first kappa shape index (κ1) is 18.1. The van der Waals surface area contributed by atoms with Crippen LogP contribution in [0.3, 0.4) is 0 Å². The molecular formula is C23H31N3O. The largest absolute Gasteiger partial charge is 0.372 e. The number of benzene rings is 1. The summed E-state index contributed by atoms with van der Waals surface area (Å²) in [4.78, 5) is 14.8. The zero-order chi connectivity index (χ0) is 19.0. The highest BCUT2D eigenvalue weighted by Crippen LogP contribution is 2.43. The predicted molar refractivity (Wildman–Crippen MR) is 111 cm³/mol. The first-order chi connectivity index (χ1) is 13.1. The van der Waals surface area contributed by atoms with Gasteiger partial charge in [0.1, 0.15) is 0 Å². The Morgan fingerprint density at radius 1 is 1.15 bits per heavy atom. The van der Waals surface area contributed by atoms with E-state index in [2.05, 4.69) is 47.6 Å². The highest BCUT2D eigenvalue weighted by atomic mass is 16.1. The van der Waals surface area contributed by atoms with Gasteiger partial charge in [-0.3, -0.25) is 4.79 Å². The highest BCUT2D eigenvalue weighted by Gasteiger charge is 2.32. The lowest BCUT2D eigenvalue weighted by Gasteiger charge is -2.18. The van der Waals surface area contributed by atoms with Gasteiger partial charge in [-0.25, -0.2) is 0 Å². The molecule has 1 aromatic carbocycles. The van der Waals surface area contributed by atoms with Crippen molar-refractivity contribution < 1.29 is 4.79 Å². The molecule has 1 saturated carbocycles. The van der Waals surface area contributed by atoms with Gasteiger partial charge in [0.2, 0.25) is 0 Å². The summed E-state index contributed by atoms with van der Waals surface area (Å²) < 4.78 is 2.42. The van der Waals surface area contributed by atoms with Crippen LogP contribution in [0.1, 0.15) is 73.2 Å². The minimum atomic E-state index is -0.303. The highest BCUT2D eigenvalue weighted by molar-refractivity contribution is 6.02.